The van der Waals surface area contributed by atoms with Gasteiger partial charge in [0.15, 0.2) is 0 Å². The first-order valence-electron chi connectivity index (χ1n) is 6.73. The van der Waals surface area contributed by atoms with Crippen LogP contribution in [0.15, 0.2) is 12.1 Å². The smallest absolute Gasteiger partial charge is 0.304 e. The predicted octanol–water partition coefficient (Wildman–Crippen LogP) is 3.50. The van der Waals surface area contributed by atoms with Gasteiger partial charge in [-0.1, -0.05) is 32.9 Å². The van der Waals surface area contributed by atoms with Gasteiger partial charge in [0.25, 0.3) is 0 Å². The number of carboxylic acid groups (broad SMARTS) is 1. The third-order valence-corrected chi connectivity index (χ3v) is 4.07. The molecule has 0 radical (unpaired) electrons. The third-order valence-electron chi connectivity index (χ3n) is 4.07. The Morgan fingerprint density at radius 3 is 2.32 bits per heavy atom. The number of aliphatic carboxylic acids is 1. The fraction of sp³-hybridized carbons (Fsp3) is 0.562. The van der Waals surface area contributed by atoms with Crippen molar-refractivity contribution in [3.8, 4) is 5.75 Å². The summed E-state index contributed by atoms with van der Waals surface area (Å²) in [6, 6.07) is 3.95. The van der Waals surface area contributed by atoms with Gasteiger partial charge in [-0.3, -0.25) is 4.79 Å². The monoisotopic (exact) mass is 262 g/mol. The van der Waals surface area contributed by atoms with Crippen LogP contribution in [0.2, 0.25) is 0 Å². The summed E-state index contributed by atoms with van der Waals surface area (Å²) >= 11 is 0. The maximum atomic E-state index is 11.1. The van der Waals surface area contributed by atoms with Gasteiger partial charge in [-0.15, -0.1) is 0 Å². The molecule has 1 aliphatic carbocycles. The molecule has 2 N–H and O–H groups in total. The van der Waals surface area contributed by atoms with Crippen molar-refractivity contribution in [2.75, 3.05) is 0 Å². The van der Waals surface area contributed by atoms with Crippen LogP contribution in [0, 0.1) is 6.92 Å². The van der Waals surface area contributed by atoms with E-state index in [-0.39, 0.29) is 17.3 Å². The minimum absolute atomic E-state index is 0.106. The number of phenols is 1. The number of aromatic hydroxyl groups is 1. The standard InChI is InChI=1S/C16H22O3/c1-10-5-6-11(15(2,3)4)14(19)13(10)16(7-8-16)9-12(17)18/h5-6,19H,7-9H2,1-4H3,(H,17,18). The van der Waals surface area contributed by atoms with Crippen molar-refractivity contribution in [2.45, 2.75) is 57.8 Å². The second-order valence-corrected chi connectivity index (χ2v) is 6.75. The van der Waals surface area contributed by atoms with Crippen LogP contribution in [0.4, 0.5) is 0 Å². The minimum Gasteiger partial charge on any atom is -0.507 e. The van der Waals surface area contributed by atoms with Crippen molar-refractivity contribution in [2.24, 2.45) is 0 Å². The van der Waals surface area contributed by atoms with Crippen molar-refractivity contribution >= 4 is 5.97 Å². The van der Waals surface area contributed by atoms with E-state index in [4.69, 9.17) is 5.11 Å². The van der Waals surface area contributed by atoms with E-state index in [1.807, 2.05) is 19.1 Å². The van der Waals surface area contributed by atoms with Gasteiger partial charge in [0.05, 0.1) is 6.42 Å². The molecule has 1 aliphatic rings. The summed E-state index contributed by atoms with van der Waals surface area (Å²) in [7, 11) is 0. The zero-order chi connectivity index (χ0) is 14.4. The van der Waals surface area contributed by atoms with Gasteiger partial charge in [-0.05, 0) is 36.3 Å². The molecule has 0 aromatic heterocycles. The first-order valence-corrected chi connectivity index (χ1v) is 6.73. The van der Waals surface area contributed by atoms with E-state index in [0.717, 1.165) is 29.5 Å². The summed E-state index contributed by atoms with van der Waals surface area (Å²) in [5.41, 5.74) is 2.24. The second kappa shape index (κ2) is 4.26. The highest BCUT2D eigenvalue weighted by molar-refractivity contribution is 5.71. The van der Waals surface area contributed by atoms with E-state index in [2.05, 4.69) is 20.8 Å². The van der Waals surface area contributed by atoms with Crippen LogP contribution in [0.1, 0.15) is 56.7 Å². The van der Waals surface area contributed by atoms with Crippen LogP contribution in [-0.4, -0.2) is 16.2 Å². The fourth-order valence-electron chi connectivity index (χ4n) is 2.92. The highest BCUT2D eigenvalue weighted by Crippen LogP contribution is 2.56. The van der Waals surface area contributed by atoms with Crippen LogP contribution in [0.25, 0.3) is 0 Å². The number of aryl methyl sites for hydroxylation is 1. The van der Waals surface area contributed by atoms with Gasteiger partial charge in [0, 0.05) is 11.0 Å². The van der Waals surface area contributed by atoms with Gasteiger partial charge in [0.1, 0.15) is 5.75 Å². The Hall–Kier alpha value is -1.51. The maximum absolute atomic E-state index is 11.1. The molecule has 1 aromatic rings. The Bertz CT molecular complexity index is 520. The topological polar surface area (TPSA) is 57.5 Å². The molecule has 0 spiro atoms. The molecule has 0 saturated heterocycles. The summed E-state index contributed by atoms with van der Waals surface area (Å²) in [5, 5.41) is 19.7. The number of carbonyl (C=O) groups is 1. The maximum Gasteiger partial charge on any atom is 0.304 e. The van der Waals surface area contributed by atoms with Gasteiger partial charge < -0.3 is 10.2 Å². The highest BCUT2D eigenvalue weighted by Gasteiger charge is 2.49. The van der Waals surface area contributed by atoms with Crippen LogP contribution in [-0.2, 0) is 15.6 Å². The molecule has 0 unspecified atom stereocenters. The van der Waals surface area contributed by atoms with E-state index < -0.39 is 5.97 Å². The molecule has 0 heterocycles. The SMILES string of the molecule is Cc1ccc(C(C)(C)C)c(O)c1C1(CC(=O)O)CC1. The van der Waals surface area contributed by atoms with E-state index >= 15 is 0 Å². The molecule has 2 rings (SSSR count). The van der Waals surface area contributed by atoms with Gasteiger partial charge >= 0.3 is 5.97 Å². The molecule has 0 aliphatic heterocycles. The van der Waals surface area contributed by atoms with Crippen molar-refractivity contribution in [3.05, 3.63) is 28.8 Å². The molecule has 0 bridgehead atoms. The molecule has 3 nitrogen and oxygen atoms in total. The van der Waals surface area contributed by atoms with Gasteiger partial charge in [-0.25, -0.2) is 0 Å². The number of hydrogen-bond donors (Lipinski definition) is 2. The molecule has 0 amide bonds. The number of phenolic OH excluding ortho intramolecular Hbond substituents is 1. The Balaban J connectivity index is 2.55. The average molecular weight is 262 g/mol. The summed E-state index contributed by atoms with van der Waals surface area (Å²) in [6.07, 6.45) is 1.80. The Morgan fingerprint density at radius 1 is 1.32 bits per heavy atom. The fourth-order valence-corrected chi connectivity index (χ4v) is 2.92. The van der Waals surface area contributed by atoms with Crippen molar-refractivity contribution in [3.63, 3.8) is 0 Å². The van der Waals surface area contributed by atoms with Crippen molar-refractivity contribution < 1.29 is 15.0 Å². The molecule has 104 valence electrons. The first kappa shape index (κ1) is 13.9. The van der Waals surface area contributed by atoms with Crippen LogP contribution >= 0.6 is 0 Å². The lowest BCUT2D eigenvalue weighted by Crippen LogP contribution is -2.18. The molecular weight excluding hydrogens is 240 g/mol. The lowest BCUT2D eigenvalue weighted by molar-refractivity contribution is -0.137. The van der Waals surface area contributed by atoms with E-state index in [1.54, 1.807) is 0 Å². The van der Waals surface area contributed by atoms with Crippen LogP contribution in [0.5, 0.6) is 5.75 Å². The van der Waals surface area contributed by atoms with Crippen molar-refractivity contribution in [1.82, 2.24) is 0 Å². The second-order valence-electron chi connectivity index (χ2n) is 6.75. The normalized spacial score (nSPS) is 17.3. The average Bonchev–Trinajstić information content (AvgIpc) is 2.94. The molecule has 0 atom stereocenters. The number of carboxylic acids is 1. The van der Waals surface area contributed by atoms with Crippen LogP contribution in [0.3, 0.4) is 0 Å². The number of benzene rings is 1. The highest BCUT2D eigenvalue weighted by atomic mass is 16.4. The van der Waals surface area contributed by atoms with Gasteiger partial charge in [-0.2, -0.15) is 0 Å². The molecule has 1 aromatic carbocycles. The molecule has 1 fully saturated rings. The zero-order valence-corrected chi connectivity index (χ0v) is 12.1. The number of hydrogen-bond acceptors (Lipinski definition) is 2. The molecular formula is C16H22O3. The van der Waals surface area contributed by atoms with E-state index in [9.17, 15) is 9.90 Å². The Kier molecular flexibility index (Phi) is 3.12. The minimum atomic E-state index is -0.794. The Morgan fingerprint density at radius 2 is 1.89 bits per heavy atom. The van der Waals surface area contributed by atoms with Crippen molar-refractivity contribution in [1.29, 1.82) is 0 Å². The van der Waals surface area contributed by atoms with Crippen LogP contribution < -0.4 is 0 Å². The quantitative estimate of drug-likeness (QED) is 0.876. The Labute approximate surface area is 114 Å². The molecule has 1 saturated carbocycles. The van der Waals surface area contributed by atoms with E-state index in [1.165, 1.54) is 0 Å². The van der Waals surface area contributed by atoms with Gasteiger partial charge in [0.2, 0.25) is 0 Å². The lowest BCUT2D eigenvalue weighted by atomic mass is 9.80. The molecule has 3 heteroatoms. The molecule has 19 heavy (non-hydrogen) atoms. The number of rotatable bonds is 3. The largest absolute Gasteiger partial charge is 0.507 e. The summed E-state index contributed by atoms with van der Waals surface area (Å²) < 4.78 is 0. The summed E-state index contributed by atoms with van der Waals surface area (Å²) in [5.74, 6) is -0.497. The summed E-state index contributed by atoms with van der Waals surface area (Å²) in [6.45, 7) is 8.11. The van der Waals surface area contributed by atoms with E-state index in [0.29, 0.717) is 5.75 Å². The summed E-state index contributed by atoms with van der Waals surface area (Å²) in [4.78, 5) is 11.1. The predicted molar refractivity (Wildman–Crippen MR) is 74.7 cm³/mol. The zero-order valence-electron chi connectivity index (χ0n) is 12.1. The lowest BCUT2D eigenvalue weighted by Gasteiger charge is -2.26. The third kappa shape index (κ3) is 2.46. The first-order chi connectivity index (χ1) is 8.67.